The summed E-state index contributed by atoms with van der Waals surface area (Å²) in [5, 5.41) is 8.63. The van der Waals surface area contributed by atoms with Crippen molar-refractivity contribution in [3.05, 3.63) is 24.3 Å². The second-order valence-corrected chi connectivity index (χ2v) is 5.52. The molecular formula is C9H9ClO5S. The van der Waals surface area contributed by atoms with E-state index in [1.54, 1.807) is 0 Å². The van der Waals surface area contributed by atoms with E-state index in [9.17, 15) is 13.2 Å². The zero-order valence-electron chi connectivity index (χ0n) is 8.25. The number of carbonyl (C=O) groups is 1. The summed E-state index contributed by atoms with van der Waals surface area (Å²) in [4.78, 5) is 10.3. The summed E-state index contributed by atoms with van der Waals surface area (Å²) in [7, 11) is 1.22. The van der Waals surface area contributed by atoms with Gasteiger partial charge in [-0.1, -0.05) is 12.1 Å². The van der Waals surface area contributed by atoms with E-state index in [1.165, 1.54) is 31.2 Å². The van der Waals surface area contributed by atoms with Gasteiger partial charge in [0.05, 0.1) is 0 Å². The van der Waals surface area contributed by atoms with Crippen LogP contribution in [0.5, 0.6) is 5.75 Å². The van der Waals surface area contributed by atoms with Crippen LogP contribution >= 0.6 is 10.7 Å². The van der Waals surface area contributed by atoms with Crippen LogP contribution in [-0.4, -0.2) is 25.6 Å². The Morgan fingerprint density at radius 3 is 2.50 bits per heavy atom. The molecule has 0 aliphatic carbocycles. The Morgan fingerprint density at radius 1 is 1.44 bits per heavy atom. The monoisotopic (exact) mass is 264 g/mol. The van der Waals surface area contributed by atoms with Gasteiger partial charge in [0, 0.05) is 10.7 Å². The lowest BCUT2D eigenvalue weighted by molar-refractivity contribution is -0.144. The maximum absolute atomic E-state index is 11.1. The van der Waals surface area contributed by atoms with E-state index in [-0.39, 0.29) is 10.6 Å². The molecule has 1 unspecified atom stereocenters. The molecule has 0 bridgehead atoms. The summed E-state index contributed by atoms with van der Waals surface area (Å²) in [5.74, 6) is -1.27. The number of rotatable bonds is 4. The zero-order chi connectivity index (χ0) is 12.3. The molecule has 0 saturated heterocycles. The summed E-state index contributed by atoms with van der Waals surface area (Å²) >= 11 is 0. The number of carboxylic acids is 1. The van der Waals surface area contributed by atoms with Crippen LogP contribution in [0.3, 0.4) is 0 Å². The summed E-state index contributed by atoms with van der Waals surface area (Å²) in [5.41, 5.74) is 0. The van der Waals surface area contributed by atoms with Gasteiger partial charge in [-0.05, 0) is 19.1 Å². The van der Waals surface area contributed by atoms with Gasteiger partial charge in [-0.25, -0.2) is 13.2 Å². The fourth-order valence-electron chi connectivity index (χ4n) is 0.990. The third-order valence-corrected chi connectivity index (χ3v) is 3.12. The van der Waals surface area contributed by atoms with Crippen molar-refractivity contribution in [1.82, 2.24) is 0 Å². The molecule has 88 valence electrons. The van der Waals surface area contributed by atoms with Crippen molar-refractivity contribution in [2.75, 3.05) is 0 Å². The smallest absolute Gasteiger partial charge is 0.344 e. The molecule has 16 heavy (non-hydrogen) atoms. The first-order chi connectivity index (χ1) is 7.32. The minimum absolute atomic E-state index is 0.0765. The van der Waals surface area contributed by atoms with Crippen LogP contribution in [0, 0.1) is 0 Å². The lowest BCUT2D eigenvalue weighted by atomic mass is 10.3. The third-order valence-electron chi connectivity index (χ3n) is 1.76. The van der Waals surface area contributed by atoms with Crippen molar-refractivity contribution in [3.63, 3.8) is 0 Å². The number of para-hydroxylation sites is 1. The summed E-state index contributed by atoms with van der Waals surface area (Å²) in [6.45, 7) is 1.29. The van der Waals surface area contributed by atoms with Gasteiger partial charge in [0.25, 0.3) is 9.05 Å². The van der Waals surface area contributed by atoms with Crippen LogP contribution in [-0.2, 0) is 13.8 Å². The molecule has 1 aromatic carbocycles. The van der Waals surface area contributed by atoms with Crippen molar-refractivity contribution >= 4 is 25.7 Å². The Balaban J connectivity index is 3.10. The van der Waals surface area contributed by atoms with Gasteiger partial charge in [0.1, 0.15) is 10.6 Å². The van der Waals surface area contributed by atoms with Crippen molar-refractivity contribution in [1.29, 1.82) is 0 Å². The van der Waals surface area contributed by atoms with E-state index in [4.69, 9.17) is 20.5 Å². The van der Waals surface area contributed by atoms with Crippen LogP contribution < -0.4 is 4.74 Å². The van der Waals surface area contributed by atoms with Crippen molar-refractivity contribution in [2.24, 2.45) is 0 Å². The van der Waals surface area contributed by atoms with Crippen LogP contribution in [0.4, 0.5) is 0 Å². The highest BCUT2D eigenvalue weighted by Crippen LogP contribution is 2.27. The number of benzene rings is 1. The highest BCUT2D eigenvalue weighted by Gasteiger charge is 2.20. The molecule has 1 rings (SSSR count). The number of halogens is 1. The van der Waals surface area contributed by atoms with Crippen molar-refractivity contribution < 1.29 is 23.1 Å². The van der Waals surface area contributed by atoms with Crippen LogP contribution in [0.1, 0.15) is 6.92 Å². The largest absolute Gasteiger partial charge is 0.479 e. The molecule has 0 fully saturated rings. The first kappa shape index (κ1) is 12.8. The fourth-order valence-corrected chi connectivity index (χ4v) is 1.97. The molecule has 7 heteroatoms. The van der Waals surface area contributed by atoms with E-state index < -0.39 is 21.1 Å². The average molecular weight is 265 g/mol. The Morgan fingerprint density at radius 2 is 2.00 bits per heavy atom. The molecule has 0 aliphatic heterocycles. The number of carboxylic acid groups (broad SMARTS) is 1. The second kappa shape index (κ2) is 4.71. The standard InChI is InChI=1S/C9H9ClO5S/c1-6(9(11)12)15-7-4-2-3-5-8(7)16(10,13)14/h2-6H,1H3,(H,11,12). The topological polar surface area (TPSA) is 80.7 Å². The predicted molar refractivity (Wildman–Crippen MR) is 57.2 cm³/mol. The average Bonchev–Trinajstić information content (AvgIpc) is 2.16. The summed E-state index contributed by atoms with van der Waals surface area (Å²) in [6, 6.07) is 5.57. The van der Waals surface area contributed by atoms with E-state index in [2.05, 4.69) is 0 Å². The number of aliphatic carboxylic acids is 1. The molecule has 0 spiro atoms. The first-order valence-electron chi connectivity index (χ1n) is 4.25. The van der Waals surface area contributed by atoms with Gasteiger partial charge in [-0.15, -0.1) is 0 Å². The molecular weight excluding hydrogens is 256 g/mol. The first-order valence-corrected chi connectivity index (χ1v) is 6.56. The Labute approximate surface area is 97.0 Å². The molecule has 1 atom stereocenters. The molecule has 0 heterocycles. The molecule has 0 saturated carbocycles. The lowest BCUT2D eigenvalue weighted by Crippen LogP contribution is -2.23. The normalized spacial score (nSPS) is 13.1. The Bertz CT molecular complexity index is 496. The van der Waals surface area contributed by atoms with Gasteiger partial charge in [0.15, 0.2) is 6.10 Å². The molecule has 0 aromatic heterocycles. The van der Waals surface area contributed by atoms with Gasteiger partial charge in [-0.2, -0.15) is 0 Å². The number of ether oxygens (including phenoxy) is 1. The maximum Gasteiger partial charge on any atom is 0.344 e. The van der Waals surface area contributed by atoms with E-state index >= 15 is 0 Å². The SMILES string of the molecule is CC(Oc1ccccc1S(=O)(=O)Cl)C(=O)O. The van der Waals surface area contributed by atoms with Gasteiger partial charge >= 0.3 is 5.97 Å². The van der Waals surface area contributed by atoms with E-state index in [1.807, 2.05) is 0 Å². The Hall–Kier alpha value is -1.27. The van der Waals surface area contributed by atoms with Crippen molar-refractivity contribution in [3.8, 4) is 5.75 Å². The predicted octanol–water partition coefficient (Wildman–Crippen LogP) is 1.47. The minimum atomic E-state index is -3.95. The highest BCUT2D eigenvalue weighted by atomic mass is 35.7. The number of hydrogen-bond acceptors (Lipinski definition) is 4. The van der Waals surface area contributed by atoms with Crippen LogP contribution in [0.15, 0.2) is 29.2 Å². The molecule has 0 radical (unpaired) electrons. The van der Waals surface area contributed by atoms with Gasteiger partial charge < -0.3 is 9.84 Å². The quantitative estimate of drug-likeness (QED) is 0.833. The summed E-state index contributed by atoms with van der Waals surface area (Å²) in [6.07, 6.45) is -1.15. The fraction of sp³-hybridized carbons (Fsp3) is 0.222. The second-order valence-electron chi connectivity index (χ2n) is 2.98. The highest BCUT2D eigenvalue weighted by molar-refractivity contribution is 8.13. The minimum Gasteiger partial charge on any atom is -0.479 e. The molecule has 1 N–H and O–H groups in total. The molecule has 1 aromatic rings. The lowest BCUT2D eigenvalue weighted by Gasteiger charge is -2.12. The van der Waals surface area contributed by atoms with Crippen LogP contribution in [0.2, 0.25) is 0 Å². The molecule has 5 nitrogen and oxygen atoms in total. The van der Waals surface area contributed by atoms with E-state index in [0.717, 1.165) is 0 Å². The third kappa shape index (κ3) is 3.11. The molecule has 0 amide bonds. The number of hydrogen-bond donors (Lipinski definition) is 1. The summed E-state index contributed by atoms with van der Waals surface area (Å²) < 4.78 is 27.3. The Kier molecular flexibility index (Phi) is 3.77. The van der Waals surface area contributed by atoms with Gasteiger partial charge in [-0.3, -0.25) is 0 Å². The van der Waals surface area contributed by atoms with Crippen molar-refractivity contribution in [2.45, 2.75) is 17.9 Å². The molecule has 0 aliphatic rings. The van der Waals surface area contributed by atoms with Gasteiger partial charge in [0.2, 0.25) is 0 Å². The van der Waals surface area contributed by atoms with E-state index in [0.29, 0.717) is 0 Å². The van der Waals surface area contributed by atoms with Crippen LogP contribution in [0.25, 0.3) is 0 Å². The zero-order valence-corrected chi connectivity index (χ0v) is 9.83. The maximum atomic E-state index is 11.1.